The molecule has 17 heavy (non-hydrogen) atoms. The highest BCUT2D eigenvalue weighted by Crippen LogP contribution is 2.13. The molecule has 0 aliphatic heterocycles. The molecule has 0 spiro atoms. The molecule has 0 bridgehead atoms. The van der Waals surface area contributed by atoms with Gasteiger partial charge in [0.1, 0.15) is 5.75 Å². The molecule has 6 heteroatoms. The molecule has 1 aromatic carbocycles. The fourth-order valence-electron chi connectivity index (χ4n) is 1.61. The van der Waals surface area contributed by atoms with E-state index >= 15 is 0 Å². The molecule has 5 nitrogen and oxygen atoms in total. The van der Waals surface area contributed by atoms with Gasteiger partial charge in [-0.05, 0) is 37.1 Å². The molecule has 0 amide bonds. The summed E-state index contributed by atoms with van der Waals surface area (Å²) < 4.78 is 29.6. The van der Waals surface area contributed by atoms with E-state index in [9.17, 15) is 13.5 Å². The lowest BCUT2D eigenvalue weighted by Crippen LogP contribution is -2.27. The van der Waals surface area contributed by atoms with E-state index in [2.05, 4.69) is 5.32 Å². The van der Waals surface area contributed by atoms with E-state index < -0.39 is 22.0 Å². The van der Waals surface area contributed by atoms with Gasteiger partial charge in [-0.25, -0.2) is 0 Å². The van der Waals surface area contributed by atoms with Crippen LogP contribution in [0.3, 0.4) is 0 Å². The van der Waals surface area contributed by atoms with Crippen molar-refractivity contribution in [1.82, 2.24) is 0 Å². The Bertz CT molecular complexity index is 464. The predicted octanol–water partition coefficient (Wildman–Crippen LogP) is 0.964. The average Bonchev–Trinajstić information content (AvgIpc) is 2.10. The summed E-state index contributed by atoms with van der Waals surface area (Å²) in [6.45, 7) is 3.97. The molecule has 3 N–H and O–H groups in total. The van der Waals surface area contributed by atoms with Crippen molar-refractivity contribution in [2.45, 2.75) is 20.0 Å². The van der Waals surface area contributed by atoms with E-state index in [0.717, 1.165) is 16.8 Å². The molecule has 96 valence electrons. The Balaban J connectivity index is 2.55. The summed E-state index contributed by atoms with van der Waals surface area (Å²) in [5, 5.41) is 12.3. The molecule has 1 atom stereocenters. The van der Waals surface area contributed by atoms with Gasteiger partial charge in [0.05, 0.1) is 6.10 Å². The molecule has 0 saturated carbocycles. The van der Waals surface area contributed by atoms with Crippen LogP contribution in [0.1, 0.15) is 11.1 Å². The van der Waals surface area contributed by atoms with Crippen molar-refractivity contribution in [2.75, 3.05) is 17.6 Å². The van der Waals surface area contributed by atoms with Crippen molar-refractivity contribution in [1.29, 1.82) is 0 Å². The summed E-state index contributed by atoms with van der Waals surface area (Å²) in [5.41, 5.74) is 2.98. The Morgan fingerprint density at radius 2 is 1.76 bits per heavy atom. The monoisotopic (exact) mass is 259 g/mol. The molecule has 0 aliphatic carbocycles. The number of nitrogens with one attached hydrogen (secondary N) is 1. The van der Waals surface area contributed by atoms with Crippen LogP contribution < -0.4 is 5.32 Å². The average molecular weight is 259 g/mol. The second kappa shape index (κ2) is 5.48. The van der Waals surface area contributed by atoms with Crippen LogP contribution in [0.5, 0.6) is 0 Å². The Hall–Kier alpha value is -1.11. The van der Waals surface area contributed by atoms with E-state index in [0.29, 0.717) is 0 Å². The number of hydrogen-bond acceptors (Lipinski definition) is 4. The number of aliphatic hydroxyl groups is 1. The third-order valence-electron chi connectivity index (χ3n) is 2.17. The third-order valence-corrected chi connectivity index (χ3v) is 2.97. The molecule has 1 unspecified atom stereocenters. The lowest BCUT2D eigenvalue weighted by atomic mass is 10.1. The molecule has 0 heterocycles. The summed E-state index contributed by atoms with van der Waals surface area (Å²) in [7, 11) is -4.13. The van der Waals surface area contributed by atoms with Gasteiger partial charge in [-0.15, -0.1) is 0 Å². The molecular weight excluding hydrogens is 242 g/mol. The van der Waals surface area contributed by atoms with Crippen molar-refractivity contribution in [3.63, 3.8) is 0 Å². The molecule has 1 rings (SSSR count). The van der Waals surface area contributed by atoms with Crippen LogP contribution in [0, 0.1) is 13.8 Å². The quantitative estimate of drug-likeness (QED) is 0.686. The summed E-state index contributed by atoms with van der Waals surface area (Å²) in [6, 6.07) is 5.81. The van der Waals surface area contributed by atoms with Crippen LogP contribution in [0.15, 0.2) is 18.2 Å². The van der Waals surface area contributed by atoms with Crippen LogP contribution in [-0.4, -0.2) is 36.5 Å². The minimum Gasteiger partial charge on any atom is -0.390 e. The molecule has 0 fully saturated rings. The largest absolute Gasteiger partial charge is 0.390 e. The summed E-state index contributed by atoms with van der Waals surface area (Å²) in [4.78, 5) is 0. The van der Waals surface area contributed by atoms with Crippen LogP contribution >= 0.6 is 0 Å². The zero-order valence-electron chi connectivity index (χ0n) is 9.84. The number of hydrogen-bond donors (Lipinski definition) is 3. The lowest BCUT2D eigenvalue weighted by molar-refractivity contribution is 0.208. The molecule has 1 aromatic rings. The number of rotatable bonds is 5. The van der Waals surface area contributed by atoms with Crippen LogP contribution in [0.25, 0.3) is 0 Å². The zero-order valence-corrected chi connectivity index (χ0v) is 10.7. The fourth-order valence-corrected chi connectivity index (χ4v) is 2.22. The maximum Gasteiger partial charge on any atom is 0.267 e. The SMILES string of the molecule is Cc1cc(C)cc(NCC(O)CS(=O)(=O)O)c1. The molecule has 0 aliphatic rings. The maximum absolute atomic E-state index is 10.5. The van der Waals surface area contributed by atoms with Crippen molar-refractivity contribution in [3.8, 4) is 0 Å². The predicted molar refractivity (Wildman–Crippen MR) is 66.8 cm³/mol. The van der Waals surface area contributed by atoms with Crippen LogP contribution in [0.4, 0.5) is 5.69 Å². The molecular formula is C11H17NO4S. The molecule has 0 aromatic heterocycles. The minimum absolute atomic E-state index is 0.0721. The van der Waals surface area contributed by atoms with Gasteiger partial charge in [-0.3, -0.25) is 4.55 Å². The Kier molecular flexibility index (Phi) is 4.50. The first-order chi connectivity index (χ1) is 7.76. The van der Waals surface area contributed by atoms with Gasteiger partial charge in [0.15, 0.2) is 0 Å². The lowest BCUT2D eigenvalue weighted by Gasteiger charge is -2.12. The highest BCUT2D eigenvalue weighted by molar-refractivity contribution is 7.85. The van der Waals surface area contributed by atoms with Gasteiger partial charge in [-0.1, -0.05) is 6.07 Å². The van der Waals surface area contributed by atoms with E-state index in [1.807, 2.05) is 32.0 Å². The van der Waals surface area contributed by atoms with Gasteiger partial charge >= 0.3 is 0 Å². The topological polar surface area (TPSA) is 86.6 Å². The summed E-state index contributed by atoms with van der Waals surface area (Å²) >= 11 is 0. The third kappa shape index (κ3) is 5.67. The highest BCUT2D eigenvalue weighted by atomic mass is 32.2. The first kappa shape index (κ1) is 14.0. The van der Waals surface area contributed by atoms with Gasteiger partial charge in [0.2, 0.25) is 0 Å². The van der Waals surface area contributed by atoms with Crippen molar-refractivity contribution >= 4 is 15.8 Å². The van der Waals surface area contributed by atoms with Gasteiger partial charge < -0.3 is 10.4 Å². The number of aliphatic hydroxyl groups excluding tert-OH is 1. The first-order valence-corrected chi connectivity index (χ1v) is 6.82. The first-order valence-electron chi connectivity index (χ1n) is 5.21. The Morgan fingerprint density at radius 3 is 2.24 bits per heavy atom. The van der Waals surface area contributed by atoms with Crippen molar-refractivity contribution in [3.05, 3.63) is 29.3 Å². The van der Waals surface area contributed by atoms with E-state index in [1.54, 1.807) is 0 Å². The summed E-state index contributed by atoms with van der Waals surface area (Å²) in [5.74, 6) is -0.662. The highest BCUT2D eigenvalue weighted by Gasteiger charge is 2.13. The Labute approximate surface area is 101 Å². The van der Waals surface area contributed by atoms with E-state index in [1.165, 1.54) is 0 Å². The smallest absolute Gasteiger partial charge is 0.267 e. The number of aryl methyl sites for hydroxylation is 2. The second-order valence-corrected chi connectivity index (χ2v) is 5.66. The molecule has 0 saturated heterocycles. The maximum atomic E-state index is 10.5. The number of anilines is 1. The van der Waals surface area contributed by atoms with Gasteiger partial charge in [-0.2, -0.15) is 8.42 Å². The normalized spacial score (nSPS) is 13.4. The zero-order chi connectivity index (χ0) is 13.1. The summed E-state index contributed by atoms with van der Waals surface area (Å²) in [6.07, 6.45) is -1.13. The van der Waals surface area contributed by atoms with Crippen LogP contribution in [0.2, 0.25) is 0 Å². The van der Waals surface area contributed by atoms with Crippen molar-refractivity contribution in [2.24, 2.45) is 0 Å². The van der Waals surface area contributed by atoms with Crippen molar-refractivity contribution < 1.29 is 18.1 Å². The number of benzene rings is 1. The Morgan fingerprint density at radius 1 is 1.24 bits per heavy atom. The molecule has 0 radical (unpaired) electrons. The fraction of sp³-hybridized carbons (Fsp3) is 0.455. The van der Waals surface area contributed by atoms with Gasteiger partial charge in [0, 0.05) is 12.2 Å². The van der Waals surface area contributed by atoms with Crippen LogP contribution in [-0.2, 0) is 10.1 Å². The standard InChI is InChI=1S/C11H17NO4S/c1-8-3-9(2)5-10(4-8)12-6-11(13)7-17(14,15)16/h3-5,11-13H,6-7H2,1-2H3,(H,14,15,16). The minimum atomic E-state index is -4.13. The van der Waals surface area contributed by atoms with E-state index in [-0.39, 0.29) is 6.54 Å². The van der Waals surface area contributed by atoms with Gasteiger partial charge in [0.25, 0.3) is 10.1 Å². The second-order valence-electron chi connectivity index (χ2n) is 4.16. The van der Waals surface area contributed by atoms with E-state index in [4.69, 9.17) is 4.55 Å².